The zero-order valence-electron chi connectivity index (χ0n) is 16.3. The van der Waals surface area contributed by atoms with Crippen LogP contribution in [0.4, 0.5) is 10.5 Å². The molecule has 9 heteroatoms. The maximum Gasteiger partial charge on any atom is 0.315 e. The van der Waals surface area contributed by atoms with Gasteiger partial charge in [-0.05, 0) is 25.0 Å². The number of urea groups is 1. The van der Waals surface area contributed by atoms with E-state index in [0.29, 0.717) is 57.2 Å². The van der Waals surface area contributed by atoms with Crippen LogP contribution >= 0.6 is 0 Å². The molecule has 1 aromatic rings. The van der Waals surface area contributed by atoms with Crippen LogP contribution in [0.25, 0.3) is 0 Å². The second-order valence-electron chi connectivity index (χ2n) is 7.47. The number of rotatable bonds is 6. The van der Waals surface area contributed by atoms with Crippen molar-refractivity contribution in [3.8, 4) is 11.5 Å². The van der Waals surface area contributed by atoms with E-state index in [1.165, 1.54) is 0 Å². The smallest absolute Gasteiger partial charge is 0.315 e. The number of anilines is 1. The summed E-state index contributed by atoms with van der Waals surface area (Å²) in [6, 6.07) is 4.88. The number of amides is 4. The molecular formula is C20H26N4O5. The van der Waals surface area contributed by atoms with E-state index in [-0.39, 0.29) is 30.3 Å². The fourth-order valence-corrected chi connectivity index (χ4v) is 3.90. The first-order valence-electron chi connectivity index (χ1n) is 10.1. The minimum Gasteiger partial charge on any atom is -0.486 e. The maximum atomic E-state index is 12.4. The summed E-state index contributed by atoms with van der Waals surface area (Å²) in [5, 5.41) is 5.66. The lowest BCUT2D eigenvalue weighted by Gasteiger charge is -2.22. The number of hydrogen-bond acceptors (Lipinski definition) is 5. The zero-order chi connectivity index (χ0) is 20.2. The Hall–Kier alpha value is -2.97. The number of carbonyl (C=O) groups is 3. The second kappa shape index (κ2) is 8.59. The van der Waals surface area contributed by atoms with Crippen LogP contribution in [0.1, 0.15) is 25.7 Å². The summed E-state index contributed by atoms with van der Waals surface area (Å²) >= 11 is 0. The van der Waals surface area contributed by atoms with Gasteiger partial charge in [-0.25, -0.2) is 4.79 Å². The molecule has 2 N–H and O–H groups in total. The first-order valence-corrected chi connectivity index (χ1v) is 10.1. The van der Waals surface area contributed by atoms with Gasteiger partial charge in [-0.3, -0.25) is 9.59 Å². The quantitative estimate of drug-likeness (QED) is 0.688. The van der Waals surface area contributed by atoms with E-state index in [0.717, 1.165) is 18.7 Å². The highest BCUT2D eigenvalue weighted by Gasteiger charge is 2.32. The Morgan fingerprint density at radius 1 is 1.14 bits per heavy atom. The van der Waals surface area contributed by atoms with Crippen molar-refractivity contribution in [2.75, 3.05) is 44.3 Å². The van der Waals surface area contributed by atoms with Crippen molar-refractivity contribution in [1.29, 1.82) is 0 Å². The molecule has 1 aromatic carbocycles. The molecule has 1 atom stereocenters. The Bertz CT molecular complexity index is 799. The Balaban J connectivity index is 1.23. The molecule has 0 aromatic heterocycles. The molecule has 2 fully saturated rings. The van der Waals surface area contributed by atoms with Crippen LogP contribution < -0.4 is 25.0 Å². The van der Waals surface area contributed by atoms with E-state index < -0.39 is 0 Å². The van der Waals surface area contributed by atoms with E-state index in [2.05, 4.69) is 10.6 Å². The number of hydrogen-bond donors (Lipinski definition) is 2. The van der Waals surface area contributed by atoms with Gasteiger partial charge in [-0.2, -0.15) is 0 Å². The van der Waals surface area contributed by atoms with E-state index in [4.69, 9.17) is 9.47 Å². The minimum atomic E-state index is -0.292. The van der Waals surface area contributed by atoms with E-state index in [9.17, 15) is 14.4 Å². The van der Waals surface area contributed by atoms with Crippen LogP contribution in [-0.2, 0) is 9.59 Å². The molecule has 9 nitrogen and oxygen atoms in total. The molecule has 3 aliphatic rings. The predicted molar refractivity (Wildman–Crippen MR) is 105 cm³/mol. The fraction of sp³-hybridized carbons (Fsp3) is 0.550. The largest absolute Gasteiger partial charge is 0.486 e. The van der Waals surface area contributed by atoms with E-state index >= 15 is 0 Å². The van der Waals surface area contributed by atoms with Crippen molar-refractivity contribution in [3.63, 3.8) is 0 Å². The van der Waals surface area contributed by atoms with Crippen molar-refractivity contribution in [1.82, 2.24) is 15.5 Å². The number of carbonyl (C=O) groups excluding carboxylic acids is 3. The van der Waals surface area contributed by atoms with Gasteiger partial charge in [0, 0.05) is 50.8 Å². The predicted octanol–water partition coefficient (Wildman–Crippen LogP) is 0.875. The Morgan fingerprint density at radius 2 is 1.97 bits per heavy atom. The summed E-state index contributed by atoms with van der Waals surface area (Å²) in [5.74, 6) is 1.46. The van der Waals surface area contributed by atoms with Crippen LogP contribution in [0.5, 0.6) is 11.5 Å². The van der Waals surface area contributed by atoms with Gasteiger partial charge in [0.15, 0.2) is 11.5 Å². The lowest BCUT2D eigenvalue weighted by atomic mass is 10.2. The molecule has 0 bridgehead atoms. The molecular weight excluding hydrogens is 376 g/mol. The topological polar surface area (TPSA) is 100 Å². The van der Waals surface area contributed by atoms with Crippen LogP contribution in [-0.4, -0.2) is 68.2 Å². The van der Waals surface area contributed by atoms with Crippen LogP contribution in [0.2, 0.25) is 0 Å². The van der Waals surface area contributed by atoms with Crippen molar-refractivity contribution in [2.24, 2.45) is 0 Å². The van der Waals surface area contributed by atoms with Crippen molar-refractivity contribution in [3.05, 3.63) is 18.2 Å². The number of fused-ring (bicyclic) bond motifs is 1. The molecule has 29 heavy (non-hydrogen) atoms. The van der Waals surface area contributed by atoms with Gasteiger partial charge in [0.25, 0.3) is 0 Å². The van der Waals surface area contributed by atoms with Gasteiger partial charge in [-0.15, -0.1) is 0 Å². The Labute approximate surface area is 169 Å². The van der Waals surface area contributed by atoms with Gasteiger partial charge >= 0.3 is 6.03 Å². The number of nitrogens with zero attached hydrogens (tertiary/aromatic N) is 2. The molecule has 0 aliphatic carbocycles. The average molecular weight is 402 g/mol. The third-order valence-electron chi connectivity index (χ3n) is 5.36. The van der Waals surface area contributed by atoms with Gasteiger partial charge in [0.2, 0.25) is 11.8 Å². The Morgan fingerprint density at radius 3 is 2.76 bits per heavy atom. The molecule has 156 valence electrons. The van der Waals surface area contributed by atoms with Crippen molar-refractivity contribution in [2.45, 2.75) is 31.7 Å². The molecule has 1 unspecified atom stereocenters. The average Bonchev–Trinajstić information content (AvgIpc) is 3.29. The summed E-state index contributed by atoms with van der Waals surface area (Å²) in [6.45, 7) is 3.38. The Kier molecular flexibility index (Phi) is 5.73. The standard InChI is InChI=1S/C20H26N4O5/c25-18-3-1-7-23(18)8-2-6-21-20(27)22-14-11-19(26)24(13-14)15-4-5-16-17(12-15)29-10-9-28-16/h4-5,12,14H,1-3,6-11,13H2,(H2,21,22,27). The highest BCUT2D eigenvalue weighted by Crippen LogP contribution is 2.35. The molecule has 4 rings (SSSR count). The lowest BCUT2D eigenvalue weighted by Crippen LogP contribution is -2.44. The highest BCUT2D eigenvalue weighted by molar-refractivity contribution is 5.97. The number of likely N-dealkylation sites (tertiary alicyclic amines) is 1. The summed E-state index contributed by atoms with van der Waals surface area (Å²) in [5.41, 5.74) is 0.735. The summed E-state index contributed by atoms with van der Waals surface area (Å²) in [7, 11) is 0. The van der Waals surface area contributed by atoms with Crippen molar-refractivity contribution < 1.29 is 23.9 Å². The third kappa shape index (κ3) is 4.55. The first-order chi connectivity index (χ1) is 14.1. The highest BCUT2D eigenvalue weighted by atomic mass is 16.6. The molecule has 4 amide bonds. The zero-order valence-corrected chi connectivity index (χ0v) is 16.3. The molecule has 3 aliphatic heterocycles. The maximum absolute atomic E-state index is 12.4. The van der Waals surface area contributed by atoms with Crippen LogP contribution in [0.15, 0.2) is 18.2 Å². The third-order valence-corrected chi connectivity index (χ3v) is 5.36. The summed E-state index contributed by atoms with van der Waals surface area (Å²) in [6.07, 6.45) is 2.52. The molecule has 3 heterocycles. The SMILES string of the molecule is O=C(NCCCN1CCCC1=O)NC1CC(=O)N(c2ccc3c(c2)OCCO3)C1. The molecule has 0 spiro atoms. The van der Waals surface area contributed by atoms with Gasteiger partial charge in [-0.1, -0.05) is 0 Å². The number of benzene rings is 1. The molecule has 2 saturated heterocycles. The second-order valence-corrected chi connectivity index (χ2v) is 7.47. The van der Waals surface area contributed by atoms with Gasteiger partial charge in [0.1, 0.15) is 13.2 Å². The fourth-order valence-electron chi connectivity index (χ4n) is 3.90. The van der Waals surface area contributed by atoms with Gasteiger partial charge < -0.3 is 29.9 Å². The monoisotopic (exact) mass is 402 g/mol. The van der Waals surface area contributed by atoms with Crippen LogP contribution in [0, 0.1) is 0 Å². The number of ether oxygens (including phenoxy) is 2. The van der Waals surface area contributed by atoms with Crippen molar-refractivity contribution >= 4 is 23.5 Å². The first kappa shape index (κ1) is 19.4. The minimum absolute atomic E-state index is 0.0421. The van der Waals surface area contributed by atoms with Gasteiger partial charge in [0.05, 0.1) is 6.04 Å². The summed E-state index contributed by atoms with van der Waals surface area (Å²) < 4.78 is 11.1. The molecule has 0 saturated carbocycles. The summed E-state index contributed by atoms with van der Waals surface area (Å²) in [4.78, 5) is 39.6. The number of nitrogens with one attached hydrogen (secondary N) is 2. The van der Waals surface area contributed by atoms with Crippen LogP contribution in [0.3, 0.4) is 0 Å². The normalized spacial score (nSPS) is 20.9. The van der Waals surface area contributed by atoms with E-state index in [1.54, 1.807) is 17.0 Å². The lowest BCUT2D eigenvalue weighted by molar-refractivity contribution is -0.127. The van der Waals surface area contributed by atoms with E-state index in [1.807, 2.05) is 11.0 Å². The molecule has 0 radical (unpaired) electrons.